The summed E-state index contributed by atoms with van der Waals surface area (Å²) in [5, 5.41) is 9.16. The lowest BCUT2D eigenvalue weighted by atomic mass is 10.00. The number of hydrogen-bond donors (Lipinski definition) is 1. The normalized spacial score (nSPS) is 30.8. The minimum Gasteiger partial charge on any atom is -0.481 e. The summed E-state index contributed by atoms with van der Waals surface area (Å²) in [7, 11) is 3.69. The highest BCUT2D eigenvalue weighted by atomic mass is 16.5. The van der Waals surface area contributed by atoms with Gasteiger partial charge in [-0.25, -0.2) is 0 Å². The number of methoxy groups -OCH3 is 1. The van der Waals surface area contributed by atoms with E-state index in [4.69, 9.17) is 14.6 Å². The first kappa shape index (κ1) is 12.8. The summed E-state index contributed by atoms with van der Waals surface area (Å²) in [5.74, 6) is -0.501. The molecule has 2 aliphatic rings. The average Bonchev–Trinajstić information content (AvgIpc) is 3.00. The van der Waals surface area contributed by atoms with Crippen LogP contribution < -0.4 is 0 Å². The van der Waals surface area contributed by atoms with Crippen LogP contribution in [0.5, 0.6) is 0 Å². The molecule has 2 fully saturated rings. The fourth-order valence-corrected chi connectivity index (χ4v) is 2.66. The second kappa shape index (κ2) is 5.33. The first-order valence-corrected chi connectivity index (χ1v) is 6.16. The van der Waals surface area contributed by atoms with E-state index >= 15 is 0 Å². The summed E-state index contributed by atoms with van der Waals surface area (Å²) in [4.78, 5) is 13.3. The van der Waals surface area contributed by atoms with Crippen LogP contribution in [0.4, 0.5) is 0 Å². The van der Waals surface area contributed by atoms with Crippen molar-refractivity contribution in [1.29, 1.82) is 0 Å². The molecule has 2 rings (SSSR count). The van der Waals surface area contributed by atoms with Crippen molar-refractivity contribution in [2.24, 2.45) is 11.8 Å². The molecule has 3 atom stereocenters. The van der Waals surface area contributed by atoms with Gasteiger partial charge in [-0.05, 0) is 25.8 Å². The van der Waals surface area contributed by atoms with Crippen LogP contribution in [0.25, 0.3) is 0 Å². The predicted molar refractivity (Wildman–Crippen MR) is 61.9 cm³/mol. The van der Waals surface area contributed by atoms with Gasteiger partial charge in [-0.15, -0.1) is 0 Å². The van der Waals surface area contributed by atoms with E-state index in [1.807, 2.05) is 7.05 Å². The summed E-state index contributed by atoms with van der Waals surface area (Å²) in [6.45, 7) is 1.51. The lowest BCUT2D eigenvalue weighted by Gasteiger charge is -2.33. The maximum atomic E-state index is 11.1. The van der Waals surface area contributed by atoms with Gasteiger partial charge in [0, 0.05) is 19.2 Å². The van der Waals surface area contributed by atoms with Crippen LogP contribution >= 0.6 is 0 Å². The van der Waals surface area contributed by atoms with Crippen LogP contribution in [-0.4, -0.2) is 62.0 Å². The number of rotatable bonds is 6. The molecule has 0 radical (unpaired) electrons. The third kappa shape index (κ3) is 2.78. The molecule has 1 heterocycles. The van der Waals surface area contributed by atoms with Gasteiger partial charge in [0.25, 0.3) is 0 Å². The van der Waals surface area contributed by atoms with Gasteiger partial charge in [0.15, 0.2) is 0 Å². The monoisotopic (exact) mass is 243 g/mol. The van der Waals surface area contributed by atoms with Crippen molar-refractivity contribution in [2.75, 3.05) is 34.0 Å². The maximum absolute atomic E-state index is 11.1. The molecular formula is C12H21NO4. The Labute approximate surface area is 102 Å². The van der Waals surface area contributed by atoms with E-state index in [-0.39, 0.29) is 6.04 Å². The lowest BCUT2D eigenvalue weighted by molar-refractivity contribution is -0.143. The third-order valence-electron chi connectivity index (χ3n) is 3.92. The van der Waals surface area contributed by atoms with Gasteiger partial charge >= 0.3 is 5.97 Å². The van der Waals surface area contributed by atoms with Crippen molar-refractivity contribution in [2.45, 2.75) is 24.9 Å². The van der Waals surface area contributed by atoms with Crippen LogP contribution in [0.2, 0.25) is 0 Å². The molecule has 0 aromatic heterocycles. The quantitative estimate of drug-likeness (QED) is 0.733. The molecule has 0 spiro atoms. The molecule has 3 unspecified atom stereocenters. The highest BCUT2D eigenvalue weighted by Crippen LogP contribution is 2.37. The molecular weight excluding hydrogens is 222 g/mol. The van der Waals surface area contributed by atoms with E-state index in [1.54, 1.807) is 7.11 Å². The van der Waals surface area contributed by atoms with Gasteiger partial charge in [-0.3, -0.25) is 9.69 Å². The Morgan fingerprint density at radius 3 is 2.76 bits per heavy atom. The van der Waals surface area contributed by atoms with Crippen molar-refractivity contribution in [3.63, 3.8) is 0 Å². The van der Waals surface area contributed by atoms with Crippen LogP contribution in [0, 0.1) is 11.8 Å². The van der Waals surface area contributed by atoms with E-state index in [2.05, 4.69) is 4.90 Å². The van der Waals surface area contributed by atoms with Gasteiger partial charge in [-0.2, -0.15) is 0 Å². The van der Waals surface area contributed by atoms with E-state index < -0.39 is 11.9 Å². The number of carboxylic acids is 1. The van der Waals surface area contributed by atoms with Crippen molar-refractivity contribution in [1.82, 2.24) is 4.90 Å². The first-order chi connectivity index (χ1) is 8.15. The molecule has 0 bridgehead atoms. The second-order valence-electron chi connectivity index (χ2n) is 5.08. The highest BCUT2D eigenvalue weighted by molar-refractivity contribution is 5.71. The zero-order chi connectivity index (χ0) is 12.4. The van der Waals surface area contributed by atoms with Gasteiger partial charge in [0.2, 0.25) is 0 Å². The van der Waals surface area contributed by atoms with Gasteiger partial charge < -0.3 is 14.6 Å². The lowest BCUT2D eigenvalue weighted by Crippen LogP contribution is -2.48. The molecule has 5 heteroatoms. The topological polar surface area (TPSA) is 59.0 Å². The minimum atomic E-state index is -0.758. The van der Waals surface area contributed by atoms with E-state index in [9.17, 15) is 4.79 Å². The van der Waals surface area contributed by atoms with Crippen molar-refractivity contribution in [3.05, 3.63) is 0 Å². The highest BCUT2D eigenvalue weighted by Gasteiger charge is 2.42. The molecule has 1 saturated heterocycles. The summed E-state index contributed by atoms with van der Waals surface area (Å²) in [6, 6.07) is 0.307. The maximum Gasteiger partial charge on any atom is 0.310 e. The average molecular weight is 243 g/mol. The molecule has 1 N–H and O–H groups in total. The fourth-order valence-electron chi connectivity index (χ4n) is 2.66. The Hall–Kier alpha value is -0.650. The van der Waals surface area contributed by atoms with E-state index in [0.29, 0.717) is 31.8 Å². The van der Waals surface area contributed by atoms with E-state index in [0.717, 1.165) is 0 Å². The minimum absolute atomic E-state index is 0.0201. The van der Waals surface area contributed by atoms with E-state index in [1.165, 1.54) is 12.8 Å². The Morgan fingerprint density at radius 2 is 2.24 bits per heavy atom. The molecule has 1 saturated carbocycles. The number of hydrogen-bond acceptors (Lipinski definition) is 4. The molecule has 1 aliphatic heterocycles. The number of carboxylic acid groups (broad SMARTS) is 1. The third-order valence-corrected chi connectivity index (χ3v) is 3.92. The molecule has 98 valence electrons. The van der Waals surface area contributed by atoms with Gasteiger partial charge in [-0.1, -0.05) is 0 Å². The SMILES string of the molecule is COCC(C1CC1)N(C)C1COCC1C(=O)O. The molecule has 5 nitrogen and oxygen atoms in total. The summed E-state index contributed by atoms with van der Waals surface area (Å²) in [5.41, 5.74) is 0. The van der Waals surface area contributed by atoms with Crippen molar-refractivity contribution < 1.29 is 19.4 Å². The first-order valence-electron chi connectivity index (χ1n) is 6.16. The van der Waals surface area contributed by atoms with Crippen molar-refractivity contribution in [3.8, 4) is 0 Å². The summed E-state index contributed by atoms with van der Waals surface area (Å²) in [6.07, 6.45) is 2.45. The Morgan fingerprint density at radius 1 is 1.53 bits per heavy atom. The number of ether oxygens (including phenoxy) is 2. The molecule has 1 aliphatic carbocycles. The number of likely N-dealkylation sites (N-methyl/N-ethyl adjacent to an activating group) is 1. The molecule has 0 aromatic rings. The number of nitrogens with zero attached hydrogens (tertiary/aromatic N) is 1. The smallest absolute Gasteiger partial charge is 0.310 e. The zero-order valence-corrected chi connectivity index (χ0v) is 10.5. The molecule has 0 aromatic carbocycles. The Bertz CT molecular complexity index is 280. The van der Waals surface area contributed by atoms with Crippen LogP contribution in [0.15, 0.2) is 0 Å². The Balaban J connectivity index is 2.00. The second-order valence-corrected chi connectivity index (χ2v) is 5.08. The number of carbonyl (C=O) groups is 1. The molecule has 17 heavy (non-hydrogen) atoms. The van der Waals surface area contributed by atoms with Gasteiger partial charge in [0.05, 0.1) is 25.7 Å². The van der Waals surface area contributed by atoms with Gasteiger partial charge in [0.1, 0.15) is 0 Å². The zero-order valence-electron chi connectivity index (χ0n) is 10.5. The van der Waals surface area contributed by atoms with Crippen LogP contribution in [-0.2, 0) is 14.3 Å². The van der Waals surface area contributed by atoms with Crippen LogP contribution in [0.3, 0.4) is 0 Å². The Kier molecular flexibility index (Phi) is 4.01. The number of aliphatic carboxylic acids is 1. The standard InChI is InChI=1S/C12H21NO4/c1-13(10(6-16-2)8-3-4-8)11-7-17-5-9(11)12(14)15/h8-11H,3-7H2,1-2H3,(H,14,15). The summed E-state index contributed by atoms with van der Waals surface area (Å²) < 4.78 is 10.6. The fraction of sp³-hybridized carbons (Fsp3) is 0.917. The predicted octanol–water partition coefficient (Wildman–Crippen LogP) is 0.443. The van der Waals surface area contributed by atoms with Crippen LogP contribution in [0.1, 0.15) is 12.8 Å². The summed E-state index contributed by atoms with van der Waals surface area (Å²) >= 11 is 0. The largest absolute Gasteiger partial charge is 0.481 e. The van der Waals surface area contributed by atoms with Crippen molar-refractivity contribution >= 4 is 5.97 Å². The molecule has 0 amide bonds.